The Morgan fingerprint density at radius 1 is 1.33 bits per heavy atom. The Bertz CT molecular complexity index is 558. The molecule has 2 rings (SSSR count). The number of halogens is 1. The van der Waals surface area contributed by atoms with Gasteiger partial charge in [-0.25, -0.2) is 4.68 Å². The van der Waals surface area contributed by atoms with Crippen LogP contribution in [0.15, 0.2) is 28.7 Å². The summed E-state index contributed by atoms with van der Waals surface area (Å²) in [7, 11) is 0. The lowest BCUT2D eigenvalue weighted by Crippen LogP contribution is -2.04. The minimum absolute atomic E-state index is 0.415. The molecule has 0 fully saturated rings. The van der Waals surface area contributed by atoms with Gasteiger partial charge in [0.15, 0.2) is 0 Å². The molecule has 1 aromatic carbocycles. The van der Waals surface area contributed by atoms with E-state index in [-0.39, 0.29) is 0 Å². The molecule has 0 atom stereocenters. The maximum atomic E-state index is 5.68. The molecule has 2 N–H and O–H groups in total. The van der Waals surface area contributed by atoms with E-state index in [1.54, 1.807) is 0 Å². The number of nitrogens with two attached hydrogens (primary N) is 1. The van der Waals surface area contributed by atoms with Crippen LogP contribution in [0.25, 0.3) is 5.69 Å². The second-order valence-electron chi connectivity index (χ2n) is 4.76. The van der Waals surface area contributed by atoms with Crippen LogP contribution < -0.4 is 5.73 Å². The molecule has 0 aliphatic carbocycles. The van der Waals surface area contributed by atoms with Gasteiger partial charge in [-0.3, -0.25) is 0 Å². The van der Waals surface area contributed by atoms with Crippen LogP contribution in [0.3, 0.4) is 0 Å². The maximum absolute atomic E-state index is 5.68. The summed E-state index contributed by atoms with van der Waals surface area (Å²) in [5.41, 5.74) is 10.1. The van der Waals surface area contributed by atoms with Gasteiger partial charge in [-0.2, -0.15) is 5.10 Å². The average molecular weight is 308 g/mol. The molecule has 2 aromatic rings. The largest absolute Gasteiger partial charge is 0.325 e. The monoisotopic (exact) mass is 307 g/mol. The maximum Gasteiger partial charge on any atom is 0.0767 e. The molecule has 18 heavy (non-hydrogen) atoms. The predicted octanol–water partition coefficient (Wildman–Crippen LogP) is 3.53. The van der Waals surface area contributed by atoms with E-state index < -0.39 is 0 Å². The summed E-state index contributed by atoms with van der Waals surface area (Å²) < 4.78 is 3.08. The molecular formula is C14H18BrN3. The molecule has 0 radical (unpaired) electrons. The third kappa shape index (κ3) is 2.49. The van der Waals surface area contributed by atoms with Gasteiger partial charge in [0, 0.05) is 16.7 Å². The fraction of sp³-hybridized carbons (Fsp3) is 0.357. The van der Waals surface area contributed by atoms with Crippen molar-refractivity contribution in [1.29, 1.82) is 0 Å². The summed E-state index contributed by atoms with van der Waals surface area (Å²) >= 11 is 3.56. The lowest BCUT2D eigenvalue weighted by molar-refractivity contribution is 0.726. The lowest BCUT2D eigenvalue weighted by Gasteiger charge is -2.11. The topological polar surface area (TPSA) is 43.8 Å². The van der Waals surface area contributed by atoms with Gasteiger partial charge >= 0.3 is 0 Å². The zero-order valence-corrected chi connectivity index (χ0v) is 12.5. The van der Waals surface area contributed by atoms with Crippen molar-refractivity contribution in [2.24, 2.45) is 5.73 Å². The van der Waals surface area contributed by atoms with Crippen LogP contribution >= 0.6 is 15.9 Å². The molecule has 0 unspecified atom stereocenters. The van der Waals surface area contributed by atoms with Crippen LogP contribution in [-0.2, 0) is 6.54 Å². The number of nitrogens with zero attached hydrogens (tertiary/aromatic N) is 2. The highest BCUT2D eigenvalue weighted by Gasteiger charge is 2.12. The normalized spacial score (nSPS) is 11.2. The first-order valence-corrected chi connectivity index (χ1v) is 6.87. The molecule has 0 bridgehead atoms. The number of hydrogen-bond donors (Lipinski definition) is 1. The van der Waals surface area contributed by atoms with Crippen LogP contribution in [-0.4, -0.2) is 9.78 Å². The predicted molar refractivity (Wildman–Crippen MR) is 78.0 cm³/mol. The van der Waals surface area contributed by atoms with Crippen molar-refractivity contribution in [1.82, 2.24) is 9.78 Å². The third-order valence-corrected chi connectivity index (χ3v) is 3.84. The van der Waals surface area contributed by atoms with Crippen molar-refractivity contribution in [2.75, 3.05) is 0 Å². The van der Waals surface area contributed by atoms with Gasteiger partial charge in [-0.15, -0.1) is 0 Å². The van der Waals surface area contributed by atoms with Crippen LogP contribution in [0.4, 0.5) is 0 Å². The quantitative estimate of drug-likeness (QED) is 0.942. The number of aryl methyl sites for hydroxylation is 1. The summed E-state index contributed by atoms with van der Waals surface area (Å²) in [6, 6.07) is 8.35. The highest BCUT2D eigenvalue weighted by atomic mass is 79.9. The zero-order valence-electron chi connectivity index (χ0n) is 10.9. The number of benzene rings is 1. The first-order valence-electron chi connectivity index (χ1n) is 6.08. The first-order chi connectivity index (χ1) is 8.52. The Morgan fingerprint density at radius 3 is 2.61 bits per heavy atom. The van der Waals surface area contributed by atoms with E-state index in [2.05, 4.69) is 66.1 Å². The second-order valence-corrected chi connectivity index (χ2v) is 5.62. The summed E-state index contributed by atoms with van der Waals surface area (Å²) in [5.74, 6) is 0.415. The summed E-state index contributed by atoms with van der Waals surface area (Å²) in [5, 5.41) is 4.56. The van der Waals surface area contributed by atoms with Crippen LogP contribution in [0.1, 0.15) is 36.7 Å². The molecule has 1 aromatic heterocycles. The Hall–Kier alpha value is -1.13. The molecule has 0 amide bonds. The van der Waals surface area contributed by atoms with E-state index in [4.69, 9.17) is 5.73 Å². The molecule has 96 valence electrons. The van der Waals surface area contributed by atoms with E-state index in [0.29, 0.717) is 12.5 Å². The Labute approximate surface area is 116 Å². The molecular weight excluding hydrogens is 290 g/mol. The molecule has 3 nitrogen and oxygen atoms in total. The molecule has 0 saturated heterocycles. The zero-order chi connectivity index (χ0) is 13.3. The fourth-order valence-electron chi connectivity index (χ4n) is 1.88. The molecule has 0 aliphatic rings. The fourth-order valence-corrected chi connectivity index (χ4v) is 2.24. The van der Waals surface area contributed by atoms with Crippen molar-refractivity contribution in [3.05, 3.63) is 45.7 Å². The van der Waals surface area contributed by atoms with Crippen molar-refractivity contribution in [2.45, 2.75) is 33.2 Å². The number of aromatic nitrogens is 2. The van der Waals surface area contributed by atoms with Gasteiger partial charge < -0.3 is 5.73 Å². The van der Waals surface area contributed by atoms with Gasteiger partial charge in [0.25, 0.3) is 0 Å². The second kappa shape index (κ2) is 5.24. The highest BCUT2D eigenvalue weighted by Crippen LogP contribution is 2.24. The van der Waals surface area contributed by atoms with E-state index in [0.717, 1.165) is 15.9 Å². The Kier molecular flexibility index (Phi) is 3.88. The Balaban J connectivity index is 2.54. The van der Waals surface area contributed by atoms with Gasteiger partial charge in [0.2, 0.25) is 0 Å². The van der Waals surface area contributed by atoms with Crippen LogP contribution in [0.2, 0.25) is 0 Å². The van der Waals surface area contributed by atoms with E-state index in [9.17, 15) is 0 Å². The van der Waals surface area contributed by atoms with E-state index >= 15 is 0 Å². The number of hydrogen-bond acceptors (Lipinski definition) is 2. The molecule has 0 spiro atoms. The van der Waals surface area contributed by atoms with Crippen LogP contribution in [0.5, 0.6) is 0 Å². The van der Waals surface area contributed by atoms with Gasteiger partial charge in [-0.1, -0.05) is 35.8 Å². The number of rotatable bonds is 3. The third-order valence-electron chi connectivity index (χ3n) is 2.99. The smallest absolute Gasteiger partial charge is 0.0767 e. The van der Waals surface area contributed by atoms with Crippen molar-refractivity contribution < 1.29 is 0 Å². The highest BCUT2D eigenvalue weighted by molar-refractivity contribution is 9.10. The molecule has 0 aliphatic heterocycles. The minimum atomic E-state index is 0.415. The SMILES string of the molecule is Cc1ccc(-n2nc(CN)cc2C(C)C)cc1Br. The van der Waals surface area contributed by atoms with E-state index in [1.165, 1.54) is 11.3 Å². The molecule has 4 heteroatoms. The Morgan fingerprint density at radius 2 is 2.06 bits per heavy atom. The molecule has 1 heterocycles. The average Bonchev–Trinajstić information content (AvgIpc) is 2.77. The first kappa shape index (κ1) is 13.3. The standard InChI is InChI=1S/C14H18BrN3/c1-9(2)14-6-11(8-16)17-18(14)12-5-4-10(3)13(15)7-12/h4-7,9H,8,16H2,1-3H3. The summed E-state index contributed by atoms with van der Waals surface area (Å²) in [6.45, 7) is 6.87. The van der Waals surface area contributed by atoms with Crippen molar-refractivity contribution >= 4 is 15.9 Å². The van der Waals surface area contributed by atoms with Gasteiger partial charge in [-0.05, 0) is 36.6 Å². The van der Waals surface area contributed by atoms with E-state index in [1.807, 2.05) is 4.68 Å². The minimum Gasteiger partial charge on any atom is -0.325 e. The molecule has 0 saturated carbocycles. The summed E-state index contributed by atoms with van der Waals surface area (Å²) in [6.07, 6.45) is 0. The van der Waals surface area contributed by atoms with Gasteiger partial charge in [0.05, 0.1) is 11.4 Å². The summed E-state index contributed by atoms with van der Waals surface area (Å²) in [4.78, 5) is 0. The lowest BCUT2D eigenvalue weighted by atomic mass is 10.1. The van der Waals surface area contributed by atoms with Crippen LogP contribution in [0, 0.1) is 6.92 Å². The van der Waals surface area contributed by atoms with Gasteiger partial charge in [0.1, 0.15) is 0 Å². The van der Waals surface area contributed by atoms with Crippen molar-refractivity contribution in [3.8, 4) is 5.69 Å². The van der Waals surface area contributed by atoms with Crippen molar-refractivity contribution in [3.63, 3.8) is 0 Å².